The quantitative estimate of drug-likeness (QED) is 0.778. The van der Waals surface area contributed by atoms with Gasteiger partial charge in [-0.2, -0.15) is 0 Å². The second kappa shape index (κ2) is 5.34. The zero-order valence-corrected chi connectivity index (χ0v) is 12.4. The first-order chi connectivity index (χ1) is 8.10. The van der Waals surface area contributed by atoms with Crippen molar-refractivity contribution >= 4 is 21.7 Å². The van der Waals surface area contributed by atoms with Crippen LogP contribution in [0.1, 0.15) is 45.4 Å². The molecule has 0 aromatic carbocycles. The second-order valence-electron chi connectivity index (χ2n) is 5.04. The number of aromatic nitrogens is 2. The van der Waals surface area contributed by atoms with E-state index >= 15 is 0 Å². The largest absolute Gasteiger partial charge is 0.356 e. The van der Waals surface area contributed by atoms with E-state index in [-0.39, 0.29) is 0 Å². The van der Waals surface area contributed by atoms with E-state index in [1.54, 1.807) is 0 Å². The number of anilines is 1. The summed E-state index contributed by atoms with van der Waals surface area (Å²) in [4.78, 5) is 11.5. The maximum atomic E-state index is 4.67. The smallest absolute Gasteiger partial charge is 0.134 e. The second-order valence-corrected chi connectivity index (χ2v) is 5.86. The van der Waals surface area contributed by atoms with E-state index in [1.807, 2.05) is 6.07 Å². The molecule has 1 aliphatic rings. The van der Waals surface area contributed by atoms with E-state index in [0.29, 0.717) is 5.92 Å². The standard InChI is InChI=1S/C13H20BrN3/c1-4-17(8-10-5-6-10)12-7-11(14)15-13(16-12)9(2)3/h7,9-10H,4-6,8H2,1-3H3. The molecule has 0 unspecified atom stereocenters. The number of hydrogen-bond donors (Lipinski definition) is 0. The van der Waals surface area contributed by atoms with Gasteiger partial charge in [0, 0.05) is 25.1 Å². The lowest BCUT2D eigenvalue weighted by molar-refractivity contribution is 0.710. The van der Waals surface area contributed by atoms with Gasteiger partial charge in [0.05, 0.1) is 0 Å². The summed E-state index contributed by atoms with van der Waals surface area (Å²) in [7, 11) is 0. The Labute approximate surface area is 112 Å². The van der Waals surface area contributed by atoms with Gasteiger partial charge < -0.3 is 4.90 Å². The molecule has 1 aromatic heterocycles. The summed E-state index contributed by atoms with van der Waals surface area (Å²) in [6.45, 7) is 8.59. The van der Waals surface area contributed by atoms with Crippen molar-refractivity contribution in [2.75, 3.05) is 18.0 Å². The molecule has 1 aromatic rings. The van der Waals surface area contributed by atoms with Gasteiger partial charge in [-0.05, 0) is 41.6 Å². The highest BCUT2D eigenvalue weighted by atomic mass is 79.9. The highest BCUT2D eigenvalue weighted by Gasteiger charge is 2.24. The van der Waals surface area contributed by atoms with E-state index in [4.69, 9.17) is 0 Å². The van der Waals surface area contributed by atoms with Crippen LogP contribution in [-0.2, 0) is 0 Å². The van der Waals surface area contributed by atoms with Crippen molar-refractivity contribution in [3.05, 3.63) is 16.5 Å². The Morgan fingerprint density at radius 3 is 2.65 bits per heavy atom. The maximum Gasteiger partial charge on any atom is 0.134 e. The summed E-state index contributed by atoms with van der Waals surface area (Å²) in [5, 5.41) is 0. The highest BCUT2D eigenvalue weighted by molar-refractivity contribution is 9.10. The summed E-state index contributed by atoms with van der Waals surface area (Å²) in [5.74, 6) is 3.23. The molecule has 1 saturated carbocycles. The molecule has 1 aliphatic carbocycles. The van der Waals surface area contributed by atoms with Crippen LogP contribution in [0, 0.1) is 5.92 Å². The van der Waals surface area contributed by atoms with E-state index in [2.05, 4.69) is 51.6 Å². The summed E-state index contributed by atoms with van der Waals surface area (Å²) < 4.78 is 0.889. The molecule has 0 aliphatic heterocycles. The Bertz CT molecular complexity index is 388. The van der Waals surface area contributed by atoms with E-state index in [9.17, 15) is 0 Å². The van der Waals surface area contributed by atoms with Gasteiger partial charge in [0.1, 0.15) is 16.2 Å². The number of rotatable bonds is 5. The zero-order chi connectivity index (χ0) is 12.4. The molecule has 1 heterocycles. The van der Waals surface area contributed by atoms with Gasteiger partial charge >= 0.3 is 0 Å². The van der Waals surface area contributed by atoms with Crippen molar-refractivity contribution < 1.29 is 0 Å². The van der Waals surface area contributed by atoms with Gasteiger partial charge in [-0.25, -0.2) is 9.97 Å². The first-order valence-corrected chi connectivity index (χ1v) is 7.19. The van der Waals surface area contributed by atoms with Crippen LogP contribution in [-0.4, -0.2) is 23.1 Å². The third-order valence-electron chi connectivity index (χ3n) is 3.10. The minimum Gasteiger partial charge on any atom is -0.356 e. The average Bonchev–Trinajstić information content (AvgIpc) is 3.08. The van der Waals surface area contributed by atoms with E-state index < -0.39 is 0 Å². The van der Waals surface area contributed by atoms with E-state index in [1.165, 1.54) is 12.8 Å². The van der Waals surface area contributed by atoms with Crippen molar-refractivity contribution in [2.45, 2.75) is 39.5 Å². The number of halogens is 1. The predicted molar refractivity (Wildman–Crippen MR) is 74.4 cm³/mol. The molecule has 3 nitrogen and oxygen atoms in total. The van der Waals surface area contributed by atoms with Gasteiger partial charge in [-0.3, -0.25) is 0 Å². The Kier molecular flexibility index (Phi) is 4.02. The molecule has 0 radical (unpaired) electrons. The minimum absolute atomic E-state index is 0.367. The minimum atomic E-state index is 0.367. The van der Waals surface area contributed by atoms with Crippen molar-refractivity contribution in [2.24, 2.45) is 5.92 Å². The van der Waals surface area contributed by atoms with Crippen molar-refractivity contribution in [3.63, 3.8) is 0 Å². The van der Waals surface area contributed by atoms with Gasteiger partial charge in [0.25, 0.3) is 0 Å². The topological polar surface area (TPSA) is 29.0 Å². The molecule has 94 valence electrons. The van der Waals surface area contributed by atoms with Crippen LogP contribution in [0.15, 0.2) is 10.7 Å². The Hall–Kier alpha value is -0.640. The molecule has 1 fully saturated rings. The Morgan fingerprint density at radius 1 is 1.41 bits per heavy atom. The Morgan fingerprint density at radius 2 is 2.12 bits per heavy atom. The first-order valence-electron chi connectivity index (χ1n) is 6.39. The lowest BCUT2D eigenvalue weighted by Gasteiger charge is -2.22. The van der Waals surface area contributed by atoms with Crippen molar-refractivity contribution in [3.8, 4) is 0 Å². The third kappa shape index (κ3) is 3.41. The summed E-state index contributed by atoms with van der Waals surface area (Å²) in [6, 6.07) is 2.03. The SMILES string of the molecule is CCN(CC1CC1)c1cc(Br)nc(C(C)C)n1. The maximum absolute atomic E-state index is 4.67. The monoisotopic (exact) mass is 297 g/mol. The summed E-state index contributed by atoms with van der Waals surface area (Å²) in [5.41, 5.74) is 0. The van der Waals surface area contributed by atoms with Crippen LogP contribution >= 0.6 is 15.9 Å². The molecule has 4 heteroatoms. The normalized spacial score (nSPS) is 15.4. The molecule has 0 N–H and O–H groups in total. The molecule has 2 rings (SSSR count). The lowest BCUT2D eigenvalue weighted by Crippen LogP contribution is -2.26. The highest BCUT2D eigenvalue weighted by Crippen LogP contribution is 2.31. The van der Waals surface area contributed by atoms with Crippen molar-refractivity contribution in [1.82, 2.24) is 9.97 Å². The van der Waals surface area contributed by atoms with Crippen LogP contribution in [0.25, 0.3) is 0 Å². The van der Waals surface area contributed by atoms with Crippen LogP contribution < -0.4 is 4.90 Å². The van der Waals surface area contributed by atoms with Crippen LogP contribution in [0.3, 0.4) is 0 Å². The number of hydrogen-bond acceptors (Lipinski definition) is 3. The average molecular weight is 298 g/mol. The van der Waals surface area contributed by atoms with Crippen molar-refractivity contribution in [1.29, 1.82) is 0 Å². The first kappa shape index (κ1) is 12.8. The molecular weight excluding hydrogens is 278 g/mol. The molecule has 0 spiro atoms. The fourth-order valence-corrected chi connectivity index (χ4v) is 2.23. The zero-order valence-electron chi connectivity index (χ0n) is 10.8. The molecule has 0 saturated heterocycles. The summed E-state index contributed by atoms with van der Waals surface area (Å²) >= 11 is 3.48. The molecule has 0 bridgehead atoms. The van der Waals surface area contributed by atoms with Gasteiger partial charge in [-0.1, -0.05) is 13.8 Å². The predicted octanol–water partition coefficient (Wildman–Crippen LogP) is 3.60. The van der Waals surface area contributed by atoms with E-state index in [0.717, 1.165) is 35.3 Å². The third-order valence-corrected chi connectivity index (χ3v) is 3.50. The lowest BCUT2D eigenvalue weighted by atomic mass is 10.2. The van der Waals surface area contributed by atoms with Crippen LogP contribution in [0.4, 0.5) is 5.82 Å². The van der Waals surface area contributed by atoms with Gasteiger partial charge in [0.2, 0.25) is 0 Å². The molecular formula is C13H20BrN3. The van der Waals surface area contributed by atoms with Crippen LogP contribution in [0.5, 0.6) is 0 Å². The molecule has 0 atom stereocenters. The summed E-state index contributed by atoms with van der Waals surface area (Å²) in [6.07, 6.45) is 2.75. The fraction of sp³-hybridized carbons (Fsp3) is 0.692. The number of nitrogens with zero attached hydrogens (tertiary/aromatic N) is 3. The molecule has 0 amide bonds. The van der Waals surface area contributed by atoms with Gasteiger partial charge in [0.15, 0.2) is 0 Å². The Balaban J connectivity index is 2.21. The molecule has 17 heavy (non-hydrogen) atoms. The van der Waals surface area contributed by atoms with Gasteiger partial charge in [-0.15, -0.1) is 0 Å². The van der Waals surface area contributed by atoms with Crippen LogP contribution in [0.2, 0.25) is 0 Å². The fourth-order valence-electron chi connectivity index (χ4n) is 1.84.